The Labute approximate surface area is 301 Å². The third-order valence-corrected chi connectivity index (χ3v) is 9.98. The SMILES string of the molecule is CCCCC(CC)Cn1c2ccc(C(=NOC(C)=O)c3ccccc3OCC)cc2c2cc(C(=O)c3c(C)cc(C)cc3C)c3ccccc3c21. The number of carbonyl (C=O) groups is 2. The van der Waals surface area contributed by atoms with Crippen LogP contribution in [0.2, 0.25) is 0 Å². The van der Waals surface area contributed by atoms with E-state index in [2.05, 4.69) is 79.0 Å². The van der Waals surface area contributed by atoms with Crippen LogP contribution in [0.1, 0.15) is 97.1 Å². The molecule has 0 saturated carbocycles. The summed E-state index contributed by atoms with van der Waals surface area (Å²) in [6, 6.07) is 28.6. The molecule has 0 spiro atoms. The third kappa shape index (κ3) is 7.05. The molecule has 51 heavy (non-hydrogen) atoms. The summed E-state index contributed by atoms with van der Waals surface area (Å²) < 4.78 is 8.46. The minimum Gasteiger partial charge on any atom is -0.493 e. The van der Waals surface area contributed by atoms with Crippen LogP contribution in [0.5, 0.6) is 5.75 Å². The number of oxime groups is 1. The maximum Gasteiger partial charge on any atom is 0.332 e. The van der Waals surface area contributed by atoms with Gasteiger partial charge in [-0.2, -0.15) is 0 Å². The van der Waals surface area contributed by atoms with Gasteiger partial charge in [0.25, 0.3) is 0 Å². The number of carbonyl (C=O) groups excluding carboxylic acids is 2. The van der Waals surface area contributed by atoms with Crippen LogP contribution < -0.4 is 4.74 Å². The van der Waals surface area contributed by atoms with Crippen molar-refractivity contribution in [1.82, 2.24) is 4.57 Å². The Morgan fingerprint density at radius 3 is 2.18 bits per heavy atom. The van der Waals surface area contributed by atoms with Gasteiger partial charge in [0.05, 0.1) is 12.1 Å². The van der Waals surface area contributed by atoms with E-state index in [1.807, 2.05) is 57.2 Å². The molecule has 5 aromatic carbocycles. The molecule has 0 aliphatic rings. The van der Waals surface area contributed by atoms with Crippen molar-refractivity contribution in [2.45, 2.75) is 80.7 Å². The lowest BCUT2D eigenvalue weighted by molar-refractivity contribution is -0.140. The molecular weight excluding hydrogens is 633 g/mol. The highest BCUT2D eigenvalue weighted by molar-refractivity contribution is 6.27. The van der Waals surface area contributed by atoms with Gasteiger partial charge in [-0.05, 0) is 86.9 Å². The second kappa shape index (κ2) is 15.3. The summed E-state index contributed by atoms with van der Waals surface area (Å²) in [5.74, 6) is 0.670. The van der Waals surface area contributed by atoms with Crippen molar-refractivity contribution in [1.29, 1.82) is 0 Å². The molecule has 0 saturated heterocycles. The average Bonchev–Trinajstić information content (AvgIpc) is 3.42. The van der Waals surface area contributed by atoms with E-state index in [9.17, 15) is 9.59 Å². The van der Waals surface area contributed by atoms with Crippen LogP contribution >= 0.6 is 0 Å². The van der Waals surface area contributed by atoms with Gasteiger partial charge in [0.1, 0.15) is 11.5 Å². The summed E-state index contributed by atoms with van der Waals surface area (Å²) in [6.45, 7) is 15.3. The Balaban J connectivity index is 1.68. The molecule has 262 valence electrons. The van der Waals surface area contributed by atoms with Gasteiger partial charge in [-0.25, -0.2) is 4.79 Å². The molecule has 0 amide bonds. The Kier molecular flexibility index (Phi) is 10.7. The van der Waals surface area contributed by atoms with E-state index < -0.39 is 5.97 Å². The number of ether oxygens (including phenoxy) is 1. The zero-order valence-corrected chi connectivity index (χ0v) is 30.9. The second-order valence-electron chi connectivity index (χ2n) is 13.7. The van der Waals surface area contributed by atoms with Gasteiger partial charge >= 0.3 is 5.97 Å². The van der Waals surface area contributed by atoms with Gasteiger partial charge < -0.3 is 14.1 Å². The lowest BCUT2D eigenvalue weighted by Crippen LogP contribution is -2.11. The normalized spacial score (nSPS) is 12.5. The molecule has 1 aromatic heterocycles. The topological polar surface area (TPSA) is 69.9 Å². The number of hydrogen-bond acceptors (Lipinski definition) is 5. The second-order valence-corrected chi connectivity index (χ2v) is 13.7. The predicted octanol–water partition coefficient (Wildman–Crippen LogP) is 11.0. The first-order valence-electron chi connectivity index (χ1n) is 18.2. The van der Waals surface area contributed by atoms with Gasteiger partial charge in [-0.3, -0.25) is 4.79 Å². The number of unbranched alkanes of at least 4 members (excludes halogenated alkanes) is 1. The Morgan fingerprint density at radius 1 is 0.784 bits per heavy atom. The Hall–Kier alpha value is -5.23. The highest BCUT2D eigenvalue weighted by Crippen LogP contribution is 2.39. The number of nitrogens with zero attached hydrogens (tertiary/aromatic N) is 2. The molecule has 0 aliphatic heterocycles. The van der Waals surface area contributed by atoms with Crippen molar-refractivity contribution < 1.29 is 19.2 Å². The summed E-state index contributed by atoms with van der Waals surface area (Å²) in [5, 5.41) is 8.40. The number of aromatic nitrogens is 1. The van der Waals surface area contributed by atoms with Gasteiger partial charge in [-0.15, -0.1) is 0 Å². The van der Waals surface area contributed by atoms with Gasteiger partial charge in [-0.1, -0.05) is 98.4 Å². The minimum atomic E-state index is -0.506. The van der Waals surface area contributed by atoms with Crippen LogP contribution in [0.25, 0.3) is 32.6 Å². The lowest BCUT2D eigenvalue weighted by Gasteiger charge is -2.19. The molecule has 0 bridgehead atoms. The van der Waals surface area contributed by atoms with Gasteiger partial charge in [0, 0.05) is 57.4 Å². The quantitative estimate of drug-likeness (QED) is 0.0527. The molecule has 0 radical (unpaired) electrons. The van der Waals surface area contributed by atoms with E-state index in [4.69, 9.17) is 9.57 Å². The first-order chi connectivity index (χ1) is 24.7. The Bertz CT molecular complexity index is 2270. The van der Waals surface area contributed by atoms with Crippen LogP contribution in [0.15, 0.2) is 90.1 Å². The van der Waals surface area contributed by atoms with E-state index >= 15 is 0 Å². The molecule has 6 rings (SSSR count). The van der Waals surface area contributed by atoms with Crippen LogP contribution in [-0.2, 0) is 16.2 Å². The van der Waals surface area contributed by atoms with Crippen molar-refractivity contribution in [3.05, 3.63) is 124 Å². The predicted molar refractivity (Wildman–Crippen MR) is 209 cm³/mol. The van der Waals surface area contributed by atoms with Gasteiger partial charge in [0.2, 0.25) is 0 Å². The first kappa shape index (κ1) is 35.6. The van der Waals surface area contributed by atoms with Crippen LogP contribution in [0, 0.1) is 26.7 Å². The number of para-hydroxylation sites is 1. The van der Waals surface area contributed by atoms with Crippen molar-refractivity contribution >= 4 is 50.0 Å². The first-order valence-corrected chi connectivity index (χ1v) is 18.2. The number of fused-ring (bicyclic) bond motifs is 5. The molecule has 6 aromatic rings. The van der Waals surface area contributed by atoms with Crippen molar-refractivity contribution in [3.8, 4) is 5.75 Å². The van der Waals surface area contributed by atoms with E-state index in [-0.39, 0.29) is 5.78 Å². The fraction of sp³-hybridized carbons (Fsp3) is 0.311. The maximum atomic E-state index is 14.7. The standard InChI is InChI=1S/C45H48N2O4/c1-8-11-16-32(9-2)27-47-40-22-21-33(43(46-51-31(7)48)36-19-14-15-20-41(36)50-10-3)25-37(40)38-26-39(34-17-12-13-18-35(34)44(38)47)45(49)42-29(5)23-28(4)24-30(42)6/h12-15,17-26,32H,8-11,16,27H2,1-7H3. The smallest absolute Gasteiger partial charge is 0.332 e. The van der Waals surface area contributed by atoms with Crippen molar-refractivity contribution in [2.75, 3.05) is 6.61 Å². The number of rotatable bonds is 13. The molecule has 1 unspecified atom stereocenters. The highest BCUT2D eigenvalue weighted by atomic mass is 16.7. The summed E-state index contributed by atoms with van der Waals surface area (Å²) in [6.07, 6.45) is 4.57. The molecule has 6 nitrogen and oxygen atoms in total. The molecule has 0 N–H and O–H groups in total. The molecule has 0 fully saturated rings. The number of benzene rings is 5. The minimum absolute atomic E-state index is 0.0253. The van der Waals surface area contributed by atoms with Crippen molar-refractivity contribution in [3.63, 3.8) is 0 Å². The molecule has 6 heteroatoms. The number of ketones is 1. The molecule has 1 heterocycles. The van der Waals surface area contributed by atoms with E-state index in [0.717, 1.165) is 91.8 Å². The van der Waals surface area contributed by atoms with Crippen LogP contribution in [-0.4, -0.2) is 28.6 Å². The van der Waals surface area contributed by atoms with Gasteiger partial charge in [0.15, 0.2) is 5.78 Å². The zero-order valence-electron chi connectivity index (χ0n) is 30.9. The lowest BCUT2D eigenvalue weighted by atomic mass is 9.89. The zero-order chi connectivity index (χ0) is 36.2. The number of hydrogen-bond donors (Lipinski definition) is 0. The van der Waals surface area contributed by atoms with Crippen LogP contribution in [0.4, 0.5) is 0 Å². The number of aryl methyl sites for hydroxylation is 3. The monoisotopic (exact) mass is 680 g/mol. The summed E-state index contributed by atoms with van der Waals surface area (Å²) >= 11 is 0. The summed E-state index contributed by atoms with van der Waals surface area (Å²) in [5.41, 5.74) is 8.74. The fourth-order valence-corrected chi connectivity index (χ4v) is 7.65. The average molecular weight is 681 g/mol. The summed E-state index contributed by atoms with van der Waals surface area (Å²) in [7, 11) is 0. The maximum absolute atomic E-state index is 14.7. The van der Waals surface area contributed by atoms with E-state index in [0.29, 0.717) is 29.5 Å². The van der Waals surface area contributed by atoms with Crippen LogP contribution in [0.3, 0.4) is 0 Å². The fourth-order valence-electron chi connectivity index (χ4n) is 7.65. The molecule has 0 aliphatic carbocycles. The molecular formula is C45H48N2O4. The van der Waals surface area contributed by atoms with Crippen molar-refractivity contribution in [2.24, 2.45) is 11.1 Å². The van der Waals surface area contributed by atoms with E-state index in [1.165, 1.54) is 13.3 Å². The third-order valence-electron chi connectivity index (χ3n) is 9.98. The highest BCUT2D eigenvalue weighted by Gasteiger charge is 2.24. The Morgan fingerprint density at radius 2 is 1.49 bits per heavy atom. The van der Waals surface area contributed by atoms with E-state index in [1.54, 1.807) is 0 Å². The summed E-state index contributed by atoms with van der Waals surface area (Å²) in [4.78, 5) is 32.0. The largest absolute Gasteiger partial charge is 0.493 e. The molecule has 1 atom stereocenters.